The highest BCUT2D eigenvalue weighted by Gasteiger charge is 2.63. The Morgan fingerprint density at radius 2 is 1.70 bits per heavy atom. The predicted octanol–water partition coefficient (Wildman–Crippen LogP) is 3.21. The number of hydrogen-bond donors (Lipinski definition) is 1. The molecule has 6 nitrogen and oxygen atoms in total. The van der Waals surface area contributed by atoms with Gasteiger partial charge in [-0.05, 0) is 56.4 Å². The molecule has 30 heavy (non-hydrogen) atoms. The van der Waals surface area contributed by atoms with Crippen molar-refractivity contribution in [3.05, 3.63) is 16.0 Å². The SMILES string of the molecule is CC1CCc2c(sc(N3C(=O)C4C5CCC(O5)C4C3=O)c2C(=O)NC2CCCC2)C1. The van der Waals surface area contributed by atoms with Crippen molar-refractivity contribution in [1.82, 2.24) is 5.32 Å². The van der Waals surface area contributed by atoms with E-state index in [-0.39, 0.29) is 47.8 Å². The zero-order valence-electron chi connectivity index (χ0n) is 17.3. The maximum Gasteiger partial charge on any atom is 0.254 e. The minimum atomic E-state index is -0.361. The van der Waals surface area contributed by atoms with E-state index in [0.717, 1.165) is 63.4 Å². The lowest BCUT2D eigenvalue weighted by atomic mass is 9.81. The van der Waals surface area contributed by atoms with E-state index in [9.17, 15) is 14.4 Å². The number of ether oxygens (including phenoxy) is 1. The fraction of sp³-hybridized carbons (Fsp3) is 0.696. The quantitative estimate of drug-likeness (QED) is 0.750. The number of imide groups is 1. The van der Waals surface area contributed by atoms with Crippen molar-refractivity contribution in [3.8, 4) is 0 Å². The molecule has 1 aromatic rings. The Bertz CT molecular complexity index is 906. The number of carbonyl (C=O) groups excluding carboxylic acids is 3. The van der Waals surface area contributed by atoms with Gasteiger partial charge in [0.2, 0.25) is 11.8 Å². The molecule has 3 aliphatic heterocycles. The zero-order chi connectivity index (χ0) is 20.6. The monoisotopic (exact) mass is 428 g/mol. The van der Waals surface area contributed by atoms with Crippen molar-refractivity contribution >= 4 is 34.1 Å². The van der Waals surface area contributed by atoms with Gasteiger partial charge in [0.05, 0.1) is 29.6 Å². The third kappa shape index (κ3) is 2.67. The third-order valence-corrected chi connectivity index (χ3v) is 9.14. The predicted molar refractivity (Wildman–Crippen MR) is 113 cm³/mol. The highest BCUT2D eigenvalue weighted by Crippen LogP contribution is 2.52. The average Bonchev–Trinajstić information content (AvgIpc) is 3.51. The maximum atomic E-state index is 13.4. The van der Waals surface area contributed by atoms with Gasteiger partial charge in [-0.3, -0.25) is 14.4 Å². The summed E-state index contributed by atoms with van der Waals surface area (Å²) in [5.41, 5.74) is 1.67. The van der Waals surface area contributed by atoms with Gasteiger partial charge in [-0.15, -0.1) is 11.3 Å². The van der Waals surface area contributed by atoms with E-state index in [1.165, 1.54) is 21.1 Å². The molecule has 1 saturated carbocycles. The molecular formula is C23H28N2O4S. The van der Waals surface area contributed by atoms with Gasteiger partial charge < -0.3 is 10.1 Å². The molecule has 5 unspecified atom stereocenters. The number of thiophene rings is 1. The Balaban J connectivity index is 1.40. The van der Waals surface area contributed by atoms with E-state index in [2.05, 4.69) is 12.2 Å². The standard InChI is InChI=1S/C23H28N2O4S/c1-11-6-7-13-16(10-11)30-23(17(13)20(26)24-12-4-2-3-5-12)25-21(27)18-14-8-9-15(29-14)19(18)22(25)28/h11-12,14-15,18-19H,2-10H2,1H3,(H,24,26). The van der Waals surface area contributed by atoms with Gasteiger partial charge in [0, 0.05) is 10.9 Å². The molecule has 0 spiro atoms. The third-order valence-electron chi connectivity index (χ3n) is 7.90. The number of fused-ring (bicyclic) bond motifs is 6. The van der Waals surface area contributed by atoms with Crippen LogP contribution in [-0.4, -0.2) is 36.0 Å². The number of anilines is 1. The van der Waals surface area contributed by atoms with Crippen LogP contribution in [0.4, 0.5) is 5.00 Å². The minimum absolute atomic E-state index is 0.0964. The summed E-state index contributed by atoms with van der Waals surface area (Å²) >= 11 is 1.50. The van der Waals surface area contributed by atoms with E-state index in [1.54, 1.807) is 0 Å². The molecule has 5 atom stereocenters. The molecule has 5 aliphatic rings. The number of nitrogens with one attached hydrogen (secondary N) is 1. The Kier molecular flexibility index (Phi) is 4.36. The molecule has 7 heteroatoms. The van der Waals surface area contributed by atoms with Gasteiger partial charge in [0.1, 0.15) is 5.00 Å². The maximum absolute atomic E-state index is 13.4. The summed E-state index contributed by atoms with van der Waals surface area (Å²) in [6.45, 7) is 2.23. The largest absolute Gasteiger partial charge is 0.373 e. The first-order valence-corrected chi connectivity index (χ1v) is 12.3. The number of nitrogens with zero attached hydrogens (tertiary/aromatic N) is 1. The van der Waals surface area contributed by atoms with Crippen LogP contribution in [0.5, 0.6) is 0 Å². The van der Waals surface area contributed by atoms with Gasteiger partial charge in [-0.1, -0.05) is 19.8 Å². The van der Waals surface area contributed by atoms with Crippen LogP contribution in [0.3, 0.4) is 0 Å². The summed E-state index contributed by atoms with van der Waals surface area (Å²) in [6, 6.07) is 0.206. The molecule has 6 rings (SSSR count). The van der Waals surface area contributed by atoms with Crippen molar-refractivity contribution in [2.75, 3.05) is 4.90 Å². The Morgan fingerprint density at radius 1 is 1.03 bits per heavy atom. The summed E-state index contributed by atoms with van der Waals surface area (Å²) in [7, 11) is 0. The fourth-order valence-electron chi connectivity index (χ4n) is 6.37. The van der Waals surface area contributed by atoms with E-state index < -0.39 is 0 Å². The minimum Gasteiger partial charge on any atom is -0.373 e. The van der Waals surface area contributed by atoms with Crippen LogP contribution in [0.25, 0.3) is 0 Å². The van der Waals surface area contributed by atoms with E-state index in [0.29, 0.717) is 16.5 Å². The molecule has 3 saturated heterocycles. The average molecular weight is 429 g/mol. The first-order valence-electron chi connectivity index (χ1n) is 11.5. The number of amides is 3. The molecule has 160 valence electrons. The summed E-state index contributed by atoms with van der Waals surface area (Å²) < 4.78 is 5.88. The second kappa shape index (κ2) is 6.89. The van der Waals surface area contributed by atoms with Gasteiger partial charge >= 0.3 is 0 Å². The first-order chi connectivity index (χ1) is 14.5. The fourth-order valence-corrected chi connectivity index (χ4v) is 7.89. The molecule has 2 bridgehead atoms. The number of carbonyl (C=O) groups is 3. The van der Waals surface area contributed by atoms with E-state index >= 15 is 0 Å². The van der Waals surface area contributed by atoms with Gasteiger partial charge in [0.25, 0.3) is 5.91 Å². The van der Waals surface area contributed by atoms with Gasteiger partial charge in [-0.25, -0.2) is 4.90 Å². The van der Waals surface area contributed by atoms with Gasteiger partial charge in [-0.2, -0.15) is 0 Å². The second-order valence-corrected chi connectivity index (χ2v) is 10.9. The van der Waals surface area contributed by atoms with Crippen LogP contribution < -0.4 is 10.2 Å². The number of hydrogen-bond acceptors (Lipinski definition) is 5. The molecule has 0 aromatic carbocycles. The summed E-state index contributed by atoms with van der Waals surface area (Å²) in [5.74, 6) is -0.568. The highest BCUT2D eigenvalue weighted by molar-refractivity contribution is 7.17. The van der Waals surface area contributed by atoms with Crippen molar-refractivity contribution in [1.29, 1.82) is 0 Å². The lowest BCUT2D eigenvalue weighted by Gasteiger charge is -2.21. The normalized spacial score (nSPS) is 35.2. The van der Waals surface area contributed by atoms with Crippen LogP contribution in [0, 0.1) is 17.8 Å². The molecular weight excluding hydrogens is 400 g/mol. The van der Waals surface area contributed by atoms with Crippen LogP contribution in [-0.2, 0) is 27.2 Å². The van der Waals surface area contributed by atoms with E-state index in [1.807, 2.05) is 0 Å². The van der Waals surface area contributed by atoms with Crippen LogP contribution >= 0.6 is 11.3 Å². The Hall–Kier alpha value is -1.73. The molecule has 0 radical (unpaired) electrons. The number of rotatable bonds is 3. The molecule has 4 fully saturated rings. The van der Waals surface area contributed by atoms with Crippen molar-refractivity contribution in [2.45, 2.75) is 83.0 Å². The van der Waals surface area contributed by atoms with Crippen molar-refractivity contribution < 1.29 is 19.1 Å². The molecule has 3 amide bonds. The summed E-state index contributed by atoms with van der Waals surface area (Å²) in [5, 5.41) is 3.79. The molecule has 1 aromatic heterocycles. The lowest BCUT2D eigenvalue weighted by Crippen LogP contribution is -2.37. The second-order valence-electron chi connectivity index (χ2n) is 9.84. The summed E-state index contributed by atoms with van der Waals surface area (Å²) in [6.07, 6.45) is 8.56. The zero-order valence-corrected chi connectivity index (χ0v) is 18.1. The first kappa shape index (κ1) is 19.0. The Labute approximate surface area is 180 Å². The Morgan fingerprint density at radius 3 is 2.37 bits per heavy atom. The lowest BCUT2D eigenvalue weighted by molar-refractivity contribution is -0.124. The van der Waals surface area contributed by atoms with Crippen LogP contribution in [0.1, 0.15) is 72.7 Å². The van der Waals surface area contributed by atoms with Crippen LogP contribution in [0.15, 0.2) is 0 Å². The van der Waals surface area contributed by atoms with E-state index in [4.69, 9.17) is 4.74 Å². The molecule has 2 aliphatic carbocycles. The van der Waals surface area contributed by atoms with Gasteiger partial charge in [0.15, 0.2) is 0 Å². The topological polar surface area (TPSA) is 75.7 Å². The highest BCUT2D eigenvalue weighted by atomic mass is 32.1. The van der Waals surface area contributed by atoms with Crippen molar-refractivity contribution in [2.24, 2.45) is 17.8 Å². The smallest absolute Gasteiger partial charge is 0.254 e. The molecule has 1 N–H and O–H groups in total. The molecule has 4 heterocycles. The van der Waals surface area contributed by atoms with Crippen LogP contribution in [0.2, 0.25) is 0 Å². The summed E-state index contributed by atoms with van der Waals surface area (Å²) in [4.78, 5) is 42.7. The van der Waals surface area contributed by atoms with Crippen molar-refractivity contribution in [3.63, 3.8) is 0 Å².